The molecular formula is C12H16BCl2NO3. The summed E-state index contributed by atoms with van der Waals surface area (Å²) in [6.45, 7) is 4.85. The Hall–Kier alpha value is -0.455. The Morgan fingerprint density at radius 1 is 1.53 bits per heavy atom. The maximum absolute atomic E-state index is 6.36. The summed E-state index contributed by atoms with van der Waals surface area (Å²) in [5.41, 5.74) is 8.30. The van der Waals surface area contributed by atoms with Crippen molar-refractivity contribution in [2.75, 3.05) is 13.2 Å². The van der Waals surface area contributed by atoms with E-state index in [1.165, 1.54) is 0 Å². The van der Waals surface area contributed by atoms with Crippen molar-refractivity contribution in [2.24, 2.45) is 5.73 Å². The Kier molecular flexibility index (Phi) is 4.05. The highest BCUT2D eigenvalue weighted by Crippen LogP contribution is 2.44. The van der Waals surface area contributed by atoms with Crippen LogP contribution in [0.15, 0.2) is 34.0 Å². The minimum atomic E-state index is -0.405. The molecule has 3 rings (SSSR count). The van der Waals surface area contributed by atoms with Gasteiger partial charge in [0.05, 0.1) is 23.0 Å². The lowest BCUT2D eigenvalue weighted by Crippen LogP contribution is -2.39. The van der Waals surface area contributed by atoms with Crippen LogP contribution in [0.4, 0.5) is 0 Å². The first-order chi connectivity index (χ1) is 8.54. The van der Waals surface area contributed by atoms with E-state index in [2.05, 4.69) is 0 Å². The van der Waals surface area contributed by atoms with Crippen molar-refractivity contribution in [2.45, 2.75) is 25.6 Å². The molecular weight excluding hydrogens is 288 g/mol. The number of rotatable bonds is 1. The summed E-state index contributed by atoms with van der Waals surface area (Å²) in [5, 5.41) is 0.629. The Bertz CT molecular complexity index is 487. The van der Waals surface area contributed by atoms with Gasteiger partial charge in [-0.15, -0.1) is 12.4 Å². The zero-order valence-electron chi connectivity index (χ0n) is 10.8. The number of ether oxygens (including phenoxy) is 1. The van der Waals surface area contributed by atoms with Crippen molar-refractivity contribution in [3.8, 4) is 0 Å². The fraction of sp³-hybridized carbons (Fsp3) is 0.500. The molecule has 4 nitrogen and oxygen atoms in total. The smallest absolute Gasteiger partial charge is 0.495 e. The molecule has 104 valence electrons. The molecule has 3 aliphatic heterocycles. The molecule has 2 N–H and O–H groups in total. The molecule has 0 fully saturated rings. The van der Waals surface area contributed by atoms with Gasteiger partial charge in [-0.2, -0.15) is 0 Å². The predicted octanol–water partition coefficient (Wildman–Crippen LogP) is 1.94. The molecule has 0 saturated carbocycles. The lowest BCUT2D eigenvalue weighted by molar-refractivity contribution is 0.0913. The second-order valence-corrected chi connectivity index (χ2v) is 5.50. The second-order valence-electron chi connectivity index (χ2n) is 5.09. The third kappa shape index (κ3) is 2.24. The largest absolute Gasteiger partial charge is 0.497 e. The van der Waals surface area contributed by atoms with E-state index in [4.69, 9.17) is 31.4 Å². The zero-order valence-corrected chi connectivity index (χ0v) is 12.4. The van der Waals surface area contributed by atoms with Gasteiger partial charge >= 0.3 is 7.12 Å². The minimum Gasteiger partial charge on any atom is -0.497 e. The van der Waals surface area contributed by atoms with Crippen molar-refractivity contribution in [3.63, 3.8) is 0 Å². The van der Waals surface area contributed by atoms with Crippen molar-refractivity contribution in [1.82, 2.24) is 0 Å². The fourth-order valence-electron chi connectivity index (χ4n) is 2.59. The molecule has 19 heavy (non-hydrogen) atoms. The van der Waals surface area contributed by atoms with Crippen LogP contribution < -0.4 is 5.73 Å². The summed E-state index contributed by atoms with van der Waals surface area (Å²) in [5.74, 6) is 0. The van der Waals surface area contributed by atoms with Gasteiger partial charge in [0.2, 0.25) is 0 Å². The Morgan fingerprint density at radius 2 is 2.26 bits per heavy atom. The van der Waals surface area contributed by atoms with E-state index in [0.29, 0.717) is 18.2 Å². The molecule has 0 unspecified atom stereocenters. The van der Waals surface area contributed by atoms with Crippen LogP contribution in [0.3, 0.4) is 0 Å². The molecule has 0 amide bonds. The lowest BCUT2D eigenvalue weighted by Gasteiger charge is -2.28. The van der Waals surface area contributed by atoms with Gasteiger partial charge in [0.1, 0.15) is 6.61 Å². The van der Waals surface area contributed by atoms with Crippen molar-refractivity contribution in [1.29, 1.82) is 0 Å². The molecule has 0 bridgehead atoms. The average Bonchev–Trinajstić information content (AvgIpc) is 2.52. The number of nitrogens with two attached hydrogens (primary N) is 1. The molecule has 1 atom stereocenters. The summed E-state index contributed by atoms with van der Waals surface area (Å²) in [6.07, 6.45) is 3.23. The summed E-state index contributed by atoms with van der Waals surface area (Å²) in [7, 11) is -0.396. The quantitative estimate of drug-likeness (QED) is 0.752. The van der Waals surface area contributed by atoms with Crippen molar-refractivity contribution >= 4 is 31.1 Å². The van der Waals surface area contributed by atoms with Crippen LogP contribution in [-0.4, -0.2) is 32.0 Å². The van der Waals surface area contributed by atoms with Crippen LogP contribution in [0.5, 0.6) is 0 Å². The third-order valence-corrected chi connectivity index (χ3v) is 4.03. The van der Waals surface area contributed by atoms with E-state index >= 15 is 0 Å². The van der Waals surface area contributed by atoms with Crippen LogP contribution >= 0.6 is 24.0 Å². The normalized spacial score (nSPS) is 27.8. The molecule has 3 heterocycles. The standard InChI is InChI=1S/C12H15BClNO3.ClH/c1-12(2)8-6-16-4-3-7-10(8)13(18-12)17-9(5-15)11(7)14;/h3-4,9H,5-6,15H2,1-2H3;1H/t9-;/m0./s1. The van der Waals surface area contributed by atoms with E-state index < -0.39 is 12.7 Å². The van der Waals surface area contributed by atoms with E-state index in [-0.39, 0.29) is 18.5 Å². The molecule has 0 spiro atoms. The first kappa shape index (κ1) is 14.9. The van der Waals surface area contributed by atoms with Crippen LogP contribution in [0.2, 0.25) is 0 Å². The Labute approximate surface area is 124 Å². The summed E-state index contributed by atoms with van der Waals surface area (Å²) >= 11 is 6.36. The van der Waals surface area contributed by atoms with Crippen molar-refractivity contribution < 1.29 is 14.0 Å². The van der Waals surface area contributed by atoms with Gasteiger partial charge in [0, 0.05) is 6.54 Å². The predicted molar refractivity (Wildman–Crippen MR) is 77.1 cm³/mol. The summed E-state index contributed by atoms with van der Waals surface area (Å²) in [4.78, 5) is 0. The summed E-state index contributed by atoms with van der Waals surface area (Å²) < 4.78 is 17.2. The van der Waals surface area contributed by atoms with Gasteiger partial charge in [0.25, 0.3) is 0 Å². The van der Waals surface area contributed by atoms with Gasteiger partial charge in [-0.05, 0) is 36.5 Å². The van der Waals surface area contributed by atoms with Crippen LogP contribution in [-0.2, 0) is 14.0 Å². The average molecular weight is 304 g/mol. The Morgan fingerprint density at radius 3 is 2.95 bits per heavy atom. The Balaban J connectivity index is 0.00000133. The topological polar surface area (TPSA) is 53.7 Å². The van der Waals surface area contributed by atoms with Crippen LogP contribution in [0.25, 0.3) is 0 Å². The van der Waals surface area contributed by atoms with Crippen LogP contribution in [0, 0.1) is 0 Å². The van der Waals surface area contributed by atoms with Gasteiger partial charge in [-0.1, -0.05) is 11.6 Å². The molecule has 0 aliphatic carbocycles. The highest BCUT2D eigenvalue weighted by molar-refractivity contribution is 6.58. The summed E-state index contributed by atoms with van der Waals surface area (Å²) in [6, 6.07) is 0. The SMILES string of the molecule is CC1(C)OB2O[C@@H](CN)C(Cl)=C3C=COCC1=C23.Cl. The second kappa shape index (κ2) is 5.15. The molecule has 0 radical (unpaired) electrons. The highest BCUT2D eigenvalue weighted by Gasteiger charge is 2.50. The fourth-order valence-corrected chi connectivity index (χ4v) is 2.89. The number of allylic oxidation sites excluding steroid dienone is 3. The first-order valence-corrected chi connectivity index (χ1v) is 6.37. The van der Waals surface area contributed by atoms with Gasteiger partial charge < -0.3 is 19.8 Å². The first-order valence-electron chi connectivity index (χ1n) is 5.99. The zero-order chi connectivity index (χ0) is 12.9. The minimum absolute atomic E-state index is 0. The van der Waals surface area contributed by atoms with E-state index in [0.717, 1.165) is 16.6 Å². The maximum Gasteiger partial charge on any atom is 0.495 e. The van der Waals surface area contributed by atoms with Gasteiger partial charge in [-0.3, -0.25) is 0 Å². The molecule has 3 aliphatic rings. The lowest BCUT2D eigenvalue weighted by atomic mass is 9.70. The number of halogens is 2. The van der Waals surface area contributed by atoms with E-state index in [1.54, 1.807) is 6.26 Å². The number of hydrogen-bond acceptors (Lipinski definition) is 4. The third-order valence-electron chi connectivity index (χ3n) is 3.58. The van der Waals surface area contributed by atoms with E-state index in [9.17, 15) is 0 Å². The molecule has 0 aromatic rings. The van der Waals surface area contributed by atoms with E-state index in [1.807, 2.05) is 19.9 Å². The van der Waals surface area contributed by atoms with Gasteiger partial charge in [0.15, 0.2) is 0 Å². The molecule has 0 saturated heterocycles. The molecule has 0 aromatic heterocycles. The van der Waals surface area contributed by atoms with Gasteiger partial charge in [-0.25, -0.2) is 0 Å². The molecule has 0 aromatic carbocycles. The molecule has 7 heteroatoms. The maximum atomic E-state index is 6.36. The van der Waals surface area contributed by atoms with Crippen LogP contribution in [0.1, 0.15) is 13.8 Å². The van der Waals surface area contributed by atoms with Crippen molar-refractivity contribution in [3.05, 3.63) is 34.0 Å². The highest BCUT2D eigenvalue weighted by atomic mass is 35.5. The number of hydrogen-bond donors (Lipinski definition) is 1. The monoisotopic (exact) mass is 303 g/mol.